The number of rotatable bonds is 0. The van der Waals surface area contributed by atoms with Gasteiger partial charge >= 0.3 is 97.2 Å². The summed E-state index contributed by atoms with van der Waals surface area (Å²) >= 11 is 1.27. The number of fused-ring (bicyclic) bond motifs is 3. The van der Waals surface area contributed by atoms with E-state index in [1.807, 2.05) is 0 Å². The summed E-state index contributed by atoms with van der Waals surface area (Å²) in [5.41, 5.74) is 5.94. The second-order valence-electron chi connectivity index (χ2n) is 3.65. The topological polar surface area (TPSA) is 0 Å². The first kappa shape index (κ1) is 8.54. The third-order valence-corrected chi connectivity index (χ3v) is 4.93. The number of hydrogen-bond acceptors (Lipinski definition) is 0. The SMILES string of the molecule is [SnH][CH]1c2ccccc2-c2ccccc21. The van der Waals surface area contributed by atoms with Crippen molar-refractivity contribution < 1.29 is 0 Å². The van der Waals surface area contributed by atoms with E-state index in [0.717, 1.165) is 0 Å². The van der Waals surface area contributed by atoms with Crippen LogP contribution in [-0.4, -0.2) is 22.5 Å². The van der Waals surface area contributed by atoms with E-state index in [9.17, 15) is 0 Å². The first-order chi connectivity index (χ1) is 6.88. The van der Waals surface area contributed by atoms with Gasteiger partial charge in [0.05, 0.1) is 0 Å². The molecule has 1 aliphatic carbocycles. The molecule has 0 fully saturated rings. The fraction of sp³-hybridized carbons (Fsp3) is 0.0769. The van der Waals surface area contributed by atoms with E-state index in [-0.39, 0.29) is 0 Å². The average Bonchev–Trinajstić information content (AvgIpc) is 2.55. The molecule has 0 unspecified atom stereocenters. The average molecular weight is 285 g/mol. The molecule has 0 saturated heterocycles. The molecule has 0 aliphatic heterocycles. The first-order valence-electron chi connectivity index (χ1n) is 4.82. The standard InChI is InChI=1S/C13H9.Sn.H/c1-3-7-12-10(5-1)9-11-6-2-4-8-13(11)12;;/h1-9H;;. The van der Waals surface area contributed by atoms with Gasteiger partial charge in [-0.2, -0.15) is 0 Å². The maximum atomic E-state index is 2.27. The van der Waals surface area contributed by atoms with Crippen molar-refractivity contribution in [2.24, 2.45) is 0 Å². The first-order valence-corrected chi connectivity index (χ1v) is 6.72. The zero-order chi connectivity index (χ0) is 9.54. The zero-order valence-electron chi connectivity index (χ0n) is 7.77. The molecule has 66 valence electrons. The van der Waals surface area contributed by atoms with Gasteiger partial charge in [0.2, 0.25) is 0 Å². The summed E-state index contributed by atoms with van der Waals surface area (Å²) in [5, 5.41) is 0. The molecule has 0 heterocycles. The van der Waals surface area contributed by atoms with Crippen LogP contribution in [0.15, 0.2) is 48.5 Å². The van der Waals surface area contributed by atoms with Crippen LogP contribution in [-0.2, 0) is 0 Å². The van der Waals surface area contributed by atoms with Crippen LogP contribution in [0.25, 0.3) is 11.1 Å². The van der Waals surface area contributed by atoms with E-state index >= 15 is 0 Å². The van der Waals surface area contributed by atoms with Gasteiger partial charge in [-0.3, -0.25) is 0 Å². The van der Waals surface area contributed by atoms with Crippen molar-refractivity contribution in [1.82, 2.24) is 0 Å². The van der Waals surface area contributed by atoms with Crippen molar-refractivity contribution in [3.8, 4) is 11.1 Å². The van der Waals surface area contributed by atoms with Gasteiger partial charge in [-0.25, -0.2) is 0 Å². The molecule has 0 bridgehead atoms. The van der Waals surface area contributed by atoms with Gasteiger partial charge < -0.3 is 0 Å². The fourth-order valence-electron chi connectivity index (χ4n) is 2.19. The van der Waals surface area contributed by atoms with Gasteiger partial charge in [-0.05, 0) is 0 Å². The Bertz CT molecular complexity index is 443. The van der Waals surface area contributed by atoms with Crippen molar-refractivity contribution >= 4 is 22.5 Å². The molecule has 0 amide bonds. The molecule has 0 atom stereocenters. The molecule has 0 nitrogen and oxygen atoms in total. The third-order valence-electron chi connectivity index (χ3n) is 2.88. The van der Waals surface area contributed by atoms with E-state index in [1.165, 1.54) is 44.8 Å². The van der Waals surface area contributed by atoms with Gasteiger partial charge in [0, 0.05) is 0 Å². The van der Waals surface area contributed by atoms with Gasteiger partial charge in [0.25, 0.3) is 0 Å². The Morgan fingerprint density at radius 2 is 1.14 bits per heavy atom. The molecule has 0 saturated carbocycles. The molecule has 1 heteroatoms. The summed E-state index contributed by atoms with van der Waals surface area (Å²) in [6, 6.07) is 17.6. The molecule has 0 spiro atoms. The van der Waals surface area contributed by atoms with Crippen molar-refractivity contribution in [2.75, 3.05) is 0 Å². The summed E-state index contributed by atoms with van der Waals surface area (Å²) in [6.07, 6.45) is 0. The van der Waals surface area contributed by atoms with E-state index in [1.54, 1.807) is 0 Å². The summed E-state index contributed by atoms with van der Waals surface area (Å²) < 4.78 is 0.688. The Morgan fingerprint density at radius 3 is 1.64 bits per heavy atom. The van der Waals surface area contributed by atoms with E-state index in [0.29, 0.717) is 3.93 Å². The Labute approximate surface area is 97.1 Å². The van der Waals surface area contributed by atoms with Gasteiger partial charge in [0.1, 0.15) is 0 Å². The molecule has 14 heavy (non-hydrogen) atoms. The van der Waals surface area contributed by atoms with Gasteiger partial charge in [-0.1, -0.05) is 0 Å². The molecule has 2 radical (unpaired) electrons. The number of benzene rings is 2. The molecular weight excluding hydrogens is 275 g/mol. The molecule has 2 aromatic carbocycles. The van der Waals surface area contributed by atoms with Gasteiger partial charge in [-0.15, -0.1) is 0 Å². The van der Waals surface area contributed by atoms with E-state index in [4.69, 9.17) is 0 Å². The van der Waals surface area contributed by atoms with Crippen LogP contribution in [0.3, 0.4) is 0 Å². The molecular formula is C13H10Sn. The Kier molecular flexibility index (Phi) is 1.91. The Balaban J connectivity index is 2.36. The monoisotopic (exact) mass is 286 g/mol. The van der Waals surface area contributed by atoms with Crippen LogP contribution in [0.1, 0.15) is 15.1 Å². The molecule has 2 aromatic rings. The molecule has 0 aromatic heterocycles. The maximum absolute atomic E-state index is 2.27. The van der Waals surface area contributed by atoms with Crippen LogP contribution in [0.2, 0.25) is 0 Å². The second kappa shape index (κ2) is 3.13. The fourth-order valence-corrected chi connectivity index (χ4v) is 3.85. The minimum atomic E-state index is 0.688. The summed E-state index contributed by atoms with van der Waals surface area (Å²) in [4.78, 5) is 0. The predicted molar refractivity (Wildman–Crippen MR) is 60.9 cm³/mol. The van der Waals surface area contributed by atoms with Crippen LogP contribution < -0.4 is 0 Å². The van der Waals surface area contributed by atoms with Crippen molar-refractivity contribution in [3.05, 3.63) is 59.7 Å². The molecule has 3 rings (SSSR count). The van der Waals surface area contributed by atoms with Crippen molar-refractivity contribution in [2.45, 2.75) is 3.93 Å². The van der Waals surface area contributed by atoms with Gasteiger partial charge in [0.15, 0.2) is 0 Å². The zero-order valence-corrected chi connectivity index (χ0v) is 11.1. The minimum absolute atomic E-state index is 0.688. The van der Waals surface area contributed by atoms with Crippen LogP contribution in [0.4, 0.5) is 0 Å². The Morgan fingerprint density at radius 1 is 0.714 bits per heavy atom. The van der Waals surface area contributed by atoms with E-state index < -0.39 is 0 Å². The third kappa shape index (κ3) is 1.07. The molecule has 0 N–H and O–H groups in total. The Hall–Kier alpha value is -0.761. The molecule has 1 aliphatic rings. The predicted octanol–water partition coefficient (Wildman–Crippen LogP) is 2.66. The summed E-state index contributed by atoms with van der Waals surface area (Å²) in [5.74, 6) is 0. The normalized spacial score (nSPS) is 13.8. The van der Waals surface area contributed by atoms with Crippen LogP contribution in [0, 0.1) is 0 Å². The summed E-state index contributed by atoms with van der Waals surface area (Å²) in [7, 11) is 0. The quantitative estimate of drug-likeness (QED) is 0.653. The second-order valence-corrected chi connectivity index (χ2v) is 5.55. The van der Waals surface area contributed by atoms with Crippen molar-refractivity contribution in [3.63, 3.8) is 0 Å². The van der Waals surface area contributed by atoms with Crippen molar-refractivity contribution in [1.29, 1.82) is 0 Å². The van der Waals surface area contributed by atoms with E-state index in [2.05, 4.69) is 48.5 Å². The van der Waals surface area contributed by atoms with Crippen LogP contribution in [0.5, 0.6) is 0 Å². The summed E-state index contributed by atoms with van der Waals surface area (Å²) in [6.45, 7) is 0. The van der Waals surface area contributed by atoms with Crippen LogP contribution >= 0.6 is 0 Å². The number of hydrogen-bond donors (Lipinski definition) is 0.